The zero-order valence-corrected chi connectivity index (χ0v) is 15.1. The fraction of sp³-hybridized carbons (Fsp3) is 0.533. The molecule has 0 atom stereocenters. The predicted octanol–water partition coefficient (Wildman–Crippen LogP) is 0.499. The molecule has 1 saturated heterocycles. The molecule has 0 spiro atoms. The van der Waals surface area contributed by atoms with E-state index in [0.717, 1.165) is 16.6 Å². The average Bonchev–Trinajstić information content (AvgIpc) is 2.40. The van der Waals surface area contributed by atoms with Crippen LogP contribution in [0.15, 0.2) is 24.3 Å². The second-order valence-electron chi connectivity index (χ2n) is 5.25. The molecule has 2 nitrogen and oxygen atoms in total. The van der Waals surface area contributed by atoms with Crippen molar-refractivity contribution in [3.05, 3.63) is 33.4 Å². The third-order valence-electron chi connectivity index (χ3n) is 4.08. The number of benzene rings is 1. The maximum absolute atomic E-state index is 12.4. The summed E-state index contributed by atoms with van der Waals surface area (Å²) in [4.78, 5) is 12.4. The van der Waals surface area contributed by atoms with E-state index in [1.165, 1.54) is 35.9 Å². The highest BCUT2D eigenvalue weighted by molar-refractivity contribution is 14.1. The molecule has 0 bridgehead atoms. The number of hydrogen-bond donors (Lipinski definition) is 0. The Kier molecular flexibility index (Phi) is 6.97. The summed E-state index contributed by atoms with van der Waals surface area (Å²) in [6.07, 6.45) is 3.87. The zero-order chi connectivity index (χ0) is 13.0. The van der Waals surface area contributed by atoms with Gasteiger partial charge in [0, 0.05) is 9.13 Å². The van der Waals surface area contributed by atoms with Crippen molar-refractivity contribution in [2.45, 2.75) is 26.2 Å². The molecule has 0 saturated carbocycles. The number of carbonyl (C=O) groups is 1. The average molecular weight is 438 g/mol. The van der Waals surface area contributed by atoms with Crippen LogP contribution >= 0.6 is 22.6 Å². The van der Waals surface area contributed by atoms with Crippen molar-refractivity contribution in [1.82, 2.24) is 0 Å². The number of ketones is 1. The first-order valence-electron chi connectivity index (χ1n) is 6.79. The van der Waals surface area contributed by atoms with Crippen LogP contribution < -0.4 is 17.0 Å². The van der Waals surface area contributed by atoms with Crippen LogP contribution in [-0.2, 0) is 0 Å². The summed E-state index contributed by atoms with van der Waals surface area (Å²) in [6, 6.07) is 7.95. The monoisotopic (exact) mass is 437 g/mol. The van der Waals surface area contributed by atoms with Crippen molar-refractivity contribution in [3.8, 4) is 0 Å². The van der Waals surface area contributed by atoms with E-state index >= 15 is 0 Å². The van der Waals surface area contributed by atoms with Gasteiger partial charge in [-0.2, -0.15) is 0 Å². The van der Waals surface area contributed by atoms with Gasteiger partial charge in [0.2, 0.25) is 5.78 Å². The first-order chi connectivity index (χ1) is 8.65. The van der Waals surface area contributed by atoms with Crippen LogP contribution in [0.3, 0.4) is 0 Å². The lowest BCUT2D eigenvalue weighted by molar-refractivity contribution is -0.923. The maximum atomic E-state index is 12.4. The molecular weight excluding hydrogens is 417 g/mol. The van der Waals surface area contributed by atoms with Crippen LogP contribution in [0.2, 0.25) is 0 Å². The number of carbonyl (C=O) groups excluding carboxylic acids is 1. The molecule has 0 aliphatic carbocycles. The highest BCUT2D eigenvalue weighted by atomic mass is 127. The number of rotatable bonds is 4. The van der Waals surface area contributed by atoms with Gasteiger partial charge < -0.3 is 21.5 Å². The molecule has 19 heavy (non-hydrogen) atoms. The highest BCUT2D eigenvalue weighted by Gasteiger charge is 2.30. The minimum Gasteiger partial charge on any atom is -1.00 e. The zero-order valence-electron chi connectivity index (χ0n) is 11.4. The minimum absolute atomic E-state index is 0. The van der Waals surface area contributed by atoms with Crippen molar-refractivity contribution < 1.29 is 26.3 Å². The smallest absolute Gasteiger partial charge is 0.216 e. The molecule has 1 aliphatic rings. The van der Waals surface area contributed by atoms with Gasteiger partial charge >= 0.3 is 0 Å². The second kappa shape index (κ2) is 7.74. The van der Waals surface area contributed by atoms with Gasteiger partial charge in [0.1, 0.15) is 6.54 Å². The van der Waals surface area contributed by atoms with E-state index in [0.29, 0.717) is 12.3 Å². The third kappa shape index (κ3) is 4.53. The quantitative estimate of drug-likeness (QED) is 0.381. The van der Waals surface area contributed by atoms with E-state index in [2.05, 4.69) is 29.5 Å². The third-order valence-corrected chi connectivity index (χ3v) is 4.80. The van der Waals surface area contributed by atoms with Crippen molar-refractivity contribution in [3.63, 3.8) is 0 Å². The number of nitrogens with zero attached hydrogens (tertiary/aromatic N) is 1. The summed E-state index contributed by atoms with van der Waals surface area (Å²) in [5.41, 5.74) is 0.868. The first-order valence-corrected chi connectivity index (χ1v) is 7.87. The first kappa shape index (κ1) is 17.1. The fourth-order valence-corrected chi connectivity index (χ4v) is 3.16. The van der Waals surface area contributed by atoms with Crippen molar-refractivity contribution in [1.29, 1.82) is 0 Å². The van der Waals surface area contributed by atoms with Crippen LogP contribution in [0.1, 0.15) is 36.5 Å². The Morgan fingerprint density at radius 2 is 1.74 bits per heavy atom. The topological polar surface area (TPSA) is 17.1 Å². The molecule has 4 heteroatoms. The SMILES string of the molecule is CC[N+]1(CC(=O)c2ccc(I)cc2)CCCCC1.[Br-]. The van der Waals surface area contributed by atoms with E-state index in [1.54, 1.807) is 0 Å². The Labute approximate surface area is 140 Å². The molecule has 1 fully saturated rings. The highest BCUT2D eigenvalue weighted by Crippen LogP contribution is 2.20. The van der Waals surface area contributed by atoms with Crippen LogP contribution in [0.5, 0.6) is 0 Å². The number of piperidine rings is 1. The molecule has 1 aliphatic heterocycles. The summed E-state index contributed by atoms with van der Waals surface area (Å²) in [7, 11) is 0. The number of hydrogen-bond acceptors (Lipinski definition) is 1. The lowest BCUT2D eigenvalue weighted by atomic mass is 10.0. The number of likely N-dealkylation sites (N-methyl/N-ethyl adjacent to an activating group) is 1. The van der Waals surface area contributed by atoms with Gasteiger partial charge in [-0.05, 0) is 60.9 Å². The van der Waals surface area contributed by atoms with Gasteiger partial charge in [0.25, 0.3) is 0 Å². The van der Waals surface area contributed by atoms with Gasteiger partial charge in [-0.25, -0.2) is 0 Å². The summed E-state index contributed by atoms with van der Waals surface area (Å²) in [6.45, 7) is 6.32. The van der Waals surface area contributed by atoms with Gasteiger partial charge in [-0.3, -0.25) is 4.79 Å². The van der Waals surface area contributed by atoms with Crippen LogP contribution in [-0.4, -0.2) is 36.4 Å². The van der Waals surface area contributed by atoms with Gasteiger partial charge in [0.05, 0.1) is 19.6 Å². The van der Waals surface area contributed by atoms with Crippen LogP contribution in [0.4, 0.5) is 0 Å². The Hall–Kier alpha value is 0.0600. The van der Waals surface area contributed by atoms with Gasteiger partial charge in [0.15, 0.2) is 0 Å². The Morgan fingerprint density at radius 3 is 2.26 bits per heavy atom. The predicted molar refractivity (Wildman–Crippen MR) is 82.7 cm³/mol. The molecule has 0 radical (unpaired) electrons. The lowest BCUT2D eigenvalue weighted by Crippen LogP contribution is -3.00. The molecule has 0 unspecified atom stereocenters. The van der Waals surface area contributed by atoms with E-state index in [-0.39, 0.29) is 17.0 Å². The summed E-state index contributed by atoms with van der Waals surface area (Å²) < 4.78 is 2.17. The Balaban J connectivity index is 0.00000180. The van der Waals surface area contributed by atoms with E-state index in [1.807, 2.05) is 24.3 Å². The van der Waals surface area contributed by atoms with E-state index in [4.69, 9.17) is 0 Å². The molecule has 1 aromatic carbocycles. The molecule has 0 aromatic heterocycles. The molecule has 1 heterocycles. The number of halogens is 2. The Morgan fingerprint density at radius 1 is 1.16 bits per heavy atom. The normalized spacial score (nSPS) is 17.6. The minimum atomic E-state index is 0. The van der Waals surface area contributed by atoms with E-state index < -0.39 is 0 Å². The number of quaternary nitrogens is 1. The summed E-state index contributed by atoms with van der Waals surface area (Å²) >= 11 is 2.27. The van der Waals surface area contributed by atoms with Gasteiger partial charge in [-0.15, -0.1) is 0 Å². The fourth-order valence-electron chi connectivity index (χ4n) is 2.80. The molecule has 0 N–H and O–H groups in total. The maximum Gasteiger partial charge on any atom is 0.216 e. The number of Topliss-reactive ketones (excluding diaryl/α,β-unsaturated/α-hetero) is 1. The molecular formula is C15H21BrINO. The summed E-state index contributed by atoms with van der Waals surface area (Å²) in [5.74, 6) is 0.301. The lowest BCUT2D eigenvalue weighted by Gasteiger charge is -2.40. The van der Waals surface area contributed by atoms with Crippen molar-refractivity contribution >= 4 is 28.4 Å². The van der Waals surface area contributed by atoms with Gasteiger partial charge in [-0.1, -0.05) is 12.1 Å². The van der Waals surface area contributed by atoms with Crippen LogP contribution in [0, 0.1) is 3.57 Å². The van der Waals surface area contributed by atoms with E-state index in [9.17, 15) is 4.79 Å². The molecule has 2 rings (SSSR count). The summed E-state index contributed by atoms with van der Waals surface area (Å²) in [5, 5.41) is 0. The van der Waals surface area contributed by atoms with Crippen molar-refractivity contribution in [2.75, 3.05) is 26.2 Å². The molecule has 0 amide bonds. The number of likely N-dealkylation sites (tertiary alicyclic amines) is 1. The second-order valence-corrected chi connectivity index (χ2v) is 6.50. The molecule has 106 valence electrons. The molecule has 1 aromatic rings. The van der Waals surface area contributed by atoms with Crippen molar-refractivity contribution in [2.24, 2.45) is 0 Å². The largest absolute Gasteiger partial charge is 1.00 e. The Bertz CT molecular complexity index is 413. The standard InChI is InChI=1S/C15H21INO.BrH/c1-2-17(10-4-3-5-11-17)12-15(18)13-6-8-14(16)9-7-13;/h6-9H,2-5,10-12H2,1H3;1H/q+1;/p-1. The van der Waals surface area contributed by atoms with Crippen LogP contribution in [0.25, 0.3) is 0 Å².